The summed E-state index contributed by atoms with van der Waals surface area (Å²) in [5, 5.41) is 10.7. The van der Waals surface area contributed by atoms with E-state index < -0.39 is 0 Å². The Kier molecular flexibility index (Phi) is 3.77. The molecule has 1 saturated heterocycles. The van der Waals surface area contributed by atoms with Gasteiger partial charge in [0.15, 0.2) is 0 Å². The number of aromatic nitrogens is 2. The molecule has 0 bridgehead atoms. The molecule has 0 radical (unpaired) electrons. The molecule has 0 spiro atoms. The third-order valence-electron chi connectivity index (χ3n) is 3.17. The lowest BCUT2D eigenvalue weighted by Crippen LogP contribution is -2.41. The summed E-state index contributed by atoms with van der Waals surface area (Å²) in [6.45, 7) is 5.02. The van der Waals surface area contributed by atoms with Crippen molar-refractivity contribution in [2.75, 3.05) is 39.4 Å². The summed E-state index contributed by atoms with van der Waals surface area (Å²) < 4.78 is 5.28. The molecule has 2 N–H and O–H groups in total. The van der Waals surface area contributed by atoms with Crippen LogP contribution in [0.25, 0.3) is 10.2 Å². The van der Waals surface area contributed by atoms with E-state index >= 15 is 0 Å². The van der Waals surface area contributed by atoms with E-state index in [-0.39, 0.29) is 5.91 Å². The van der Waals surface area contributed by atoms with Crippen LogP contribution in [0.4, 0.5) is 0 Å². The number of carbonyl (C=O) groups excluding carboxylic acids is 1. The van der Waals surface area contributed by atoms with Crippen LogP contribution in [0.5, 0.6) is 0 Å². The Morgan fingerprint density at radius 2 is 2.37 bits per heavy atom. The summed E-state index contributed by atoms with van der Waals surface area (Å²) in [5.41, 5.74) is 0. The molecule has 0 aliphatic carbocycles. The zero-order valence-corrected chi connectivity index (χ0v) is 11.3. The van der Waals surface area contributed by atoms with Crippen LogP contribution in [0.2, 0.25) is 0 Å². The van der Waals surface area contributed by atoms with Crippen molar-refractivity contribution in [2.24, 2.45) is 0 Å². The van der Waals surface area contributed by atoms with Gasteiger partial charge in [-0.15, -0.1) is 11.3 Å². The molecule has 0 unspecified atom stereocenters. The maximum Gasteiger partial charge on any atom is 0.261 e. The lowest BCUT2D eigenvalue weighted by Gasteiger charge is -2.26. The second-order valence-corrected chi connectivity index (χ2v) is 5.53. The molecule has 7 heteroatoms. The Morgan fingerprint density at radius 1 is 1.53 bits per heavy atom. The number of hydrogen-bond acceptors (Lipinski definition) is 5. The largest absolute Gasteiger partial charge is 0.379 e. The quantitative estimate of drug-likeness (QED) is 0.864. The minimum absolute atomic E-state index is 0.0112. The molecule has 1 aliphatic heterocycles. The molecule has 1 aliphatic rings. The van der Waals surface area contributed by atoms with E-state index in [4.69, 9.17) is 4.74 Å². The Balaban J connectivity index is 1.49. The fraction of sp³-hybridized carbons (Fsp3) is 0.500. The minimum Gasteiger partial charge on any atom is -0.379 e. The fourth-order valence-corrected chi connectivity index (χ4v) is 3.00. The highest BCUT2D eigenvalue weighted by molar-refractivity contribution is 7.20. The Hall–Kier alpha value is -1.44. The summed E-state index contributed by atoms with van der Waals surface area (Å²) in [4.78, 5) is 15.9. The zero-order chi connectivity index (χ0) is 13.1. The van der Waals surface area contributed by atoms with E-state index in [0.29, 0.717) is 6.54 Å². The van der Waals surface area contributed by atoms with Crippen LogP contribution in [0, 0.1) is 0 Å². The number of fused-ring (bicyclic) bond motifs is 1. The molecule has 0 saturated carbocycles. The van der Waals surface area contributed by atoms with Gasteiger partial charge < -0.3 is 10.1 Å². The van der Waals surface area contributed by atoms with Crippen LogP contribution in [0.15, 0.2) is 12.3 Å². The van der Waals surface area contributed by atoms with Crippen molar-refractivity contribution in [3.63, 3.8) is 0 Å². The van der Waals surface area contributed by atoms with Crippen molar-refractivity contribution in [3.8, 4) is 0 Å². The number of nitrogens with one attached hydrogen (secondary N) is 2. The maximum absolute atomic E-state index is 12.0. The monoisotopic (exact) mass is 280 g/mol. The lowest BCUT2D eigenvalue weighted by atomic mass is 10.3. The number of aromatic amines is 1. The van der Waals surface area contributed by atoms with Crippen molar-refractivity contribution in [1.29, 1.82) is 0 Å². The van der Waals surface area contributed by atoms with Crippen LogP contribution in [-0.2, 0) is 4.74 Å². The van der Waals surface area contributed by atoms with Crippen molar-refractivity contribution in [3.05, 3.63) is 17.1 Å². The number of H-pyrrole nitrogens is 1. The van der Waals surface area contributed by atoms with Crippen LogP contribution in [-0.4, -0.2) is 60.4 Å². The molecule has 0 atom stereocenters. The number of rotatable bonds is 4. The summed E-state index contributed by atoms with van der Waals surface area (Å²) >= 11 is 1.43. The molecule has 2 aromatic heterocycles. The number of amides is 1. The van der Waals surface area contributed by atoms with Gasteiger partial charge in [0.25, 0.3) is 5.91 Å². The van der Waals surface area contributed by atoms with Gasteiger partial charge in [0, 0.05) is 31.6 Å². The van der Waals surface area contributed by atoms with Crippen molar-refractivity contribution >= 4 is 27.5 Å². The van der Waals surface area contributed by atoms with Gasteiger partial charge in [-0.2, -0.15) is 5.10 Å². The first-order valence-electron chi connectivity index (χ1n) is 6.34. The van der Waals surface area contributed by atoms with Gasteiger partial charge in [-0.1, -0.05) is 0 Å². The second-order valence-electron chi connectivity index (χ2n) is 4.48. The SMILES string of the molecule is O=C(NCCN1CCOCC1)c1cc2cn[nH]c2s1. The van der Waals surface area contributed by atoms with Crippen LogP contribution < -0.4 is 5.32 Å². The Bertz CT molecular complexity index is 530. The van der Waals surface area contributed by atoms with Gasteiger partial charge in [0.1, 0.15) is 4.83 Å². The van der Waals surface area contributed by atoms with Gasteiger partial charge in [-0.3, -0.25) is 14.8 Å². The third-order valence-corrected chi connectivity index (χ3v) is 4.23. The van der Waals surface area contributed by atoms with E-state index in [9.17, 15) is 4.79 Å². The average molecular weight is 280 g/mol. The van der Waals surface area contributed by atoms with Crippen LogP contribution in [0.1, 0.15) is 9.67 Å². The van der Waals surface area contributed by atoms with E-state index in [1.807, 2.05) is 6.07 Å². The van der Waals surface area contributed by atoms with Gasteiger partial charge in [-0.25, -0.2) is 0 Å². The summed E-state index contributed by atoms with van der Waals surface area (Å²) in [5.74, 6) is -0.0112. The van der Waals surface area contributed by atoms with E-state index in [0.717, 1.165) is 47.9 Å². The van der Waals surface area contributed by atoms with Crippen molar-refractivity contribution in [1.82, 2.24) is 20.4 Å². The molecule has 0 aromatic carbocycles. The number of carbonyl (C=O) groups is 1. The van der Waals surface area contributed by atoms with E-state index in [1.165, 1.54) is 11.3 Å². The van der Waals surface area contributed by atoms with Gasteiger partial charge >= 0.3 is 0 Å². The van der Waals surface area contributed by atoms with Crippen molar-refractivity contribution in [2.45, 2.75) is 0 Å². The first-order chi connectivity index (χ1) is 9.33. The standard InChI is InChI=1S/C12H16N4O2S/c17-11(10-7-9-8-14-15-12(9)19-10)13-1-2-16-3-5-18-6-4-16/h7-8H,1-6H2,(H,13,17)(H,14,15). The molecule has 1 amide bonds. The highest BCUT2D eigenvalue weighted by Crippen LogP contribution is 2.22. The third kappa shape index (κ3) is 2.94. The second kappa shape index (κ2) is 5.68. The Labute approximate surface area is 114 Å². The molecular formula is C12H16N4O2S. The number of morpholine rings is 1. The molecular weight excluding hydrogens is 264 g/mol. The summed E-state index contributed by atoms with van der Waals surface area (Å²) in [6.07, 6.45) is 1.73. The molecule has 102 valence electrons. The number of hydrogen-bond donors (Lipinski definition) is 2. The number of thiophene rings is 1. The number of ether oxygens (including phenoxy) is 1. The predicted octanol–water partition coefficient (Wildman–Crippen LogP) is 0.686. The fourth-order valence-electron chi connectivity index (χ4n) is 2.10. The molecule has 19 heavy (non-hydrogen) atoms. The highest BCUT2D eigenvalue weighted by Gasteiger charge is 2.13. The minimum atomic E-state index is -0.0112. The lowest BCUT2D eigenvalue weighted by molar-refractivity contribution is 0.0383. The van der Waals surface area contributed by atoms with Crippen LogP contribution >= 0.6 is 11.3 Å². The van der Waals surface area contributed by atoms with E-state index in [1.54, 1.807) is 6.20 Å². The predicted molar refractivity (Wildman–Crippen MR) is 73.6 cm³/mol. The van der Waals surface area contributed by atoms with Crippen LogP contribution in [0.3, 0.4) is 0 Å². The van der Waals surface area contributed by atoms with Gasteiger partial charge in [-0.05, 0) is 6.07 Å². The molecule has 3 heterocycles. The molecule has 2 aromatic rings. The highest BCUT2D eigenvalue weighted by atomic mass is 32.1. The maximum atomic E-state index is 12.0. The van der Waals surface area contributed by atoms with Gasteiger partial charge in [0.2, 0.25) is 0 Å². The van der Waals surface area contributed by atoms with Crippen molar-refractivity contribution < 1.29 is 9.53 Å². The zero-order valence-electron chi connectivity index (χ0n) is 10.5. The molecule has 3 rings (SSSR count). The summed E-state index contributed by atoms with van der Waals surface area (Å²) in [7, 11) is 0. The van der Waals surface area contributed by atoms with E-state index in [2.05, 4.69) is 20.4 Å². The van der Waals surface area contributed by atoms with Gasteiger partial charge in [0.05, 0.1) is 24.3 Å². The first kappa shape index (κ1) is 12.6. The molecule has 1 fully saturated rings. The normalized spacial score (nSPS) is 16.8. The first-order valence-corrected chi connectivity index (χ1v) is 7.16. The smallest absolute Gasteiger partial charge is 0.261 e. The average Bonchev–Trinajstić information content (AvgIpc) is 3.00. The Morgan fingerprint density at radius 3 is 3.16 bits per heavy atom. The summed E-state index contributed by atoms with van der Waals surface area (Å²) in [6, 6.07) is 1.87. The number of nitrogens with zero attached hydrogens (tertiary/aromatic N) is 2. The topological polar surface area (TPSA) is 70.2 Å². The molecule has 6 nitrogen and oxygen atoms in total.